The second-order valence-electron chi connectivity index (χ2n) is 0.513. The summed E-state index contributed by atoms with van der Waals surface area (Å²) in [7, 11) is -4.64. The van der Waals surface area contributed by atoms with E-state index in [-0.39, 0.29) is 94.1 Å². The molecule has 0 fully saturated rings. The molecule has 0 aliphatic carbocycles. The van der Waals surface area contributed by atoms with Crippen molar-refractivity contribution in [3.63, 3.8) is 0 Å². The summed E-state index contributed by atoms with van der Waals surface area (Å²) in [5, 5.41) is 0. The zero-order valence-corrected chi connectivity index (χ0v) is 11.7. The molecule has 0 saturated heterocycles. The van der Waals surface area contributed by atoms with E-state index in [0.29, 0.717) is 0 Å². The summed E-state index contributed by atoms with van der Waals surface area (Å²) >= 11 is 0. The third-order valence-electron chi connectivity index (χ3n) is 0. The molecule has 0 amide bonds. The van der Waals surface area contributed by atoms with E-state index in [4.69, 9.17) is 19.2 Å². The van der Waals surface area contributed by atoms with Crippen molar-refractivity contribution >= 4 is 20.2 Å². The van der Waals surface area contributed by atoms with Crippen molar-refractivity contribution in [3.05, 3.63) is 0 Å². The van der Waals surface area contributed by atoms with Gasteiger partial charge in [0.1, 0.15) is 0 Å². The summed E-state index contributed by atoms with van der Waals surface area (Å²) in [4.78, 5) is 21.6. The van der Waals surface area contributed by atoms with Crippen LogP contribution in [0.2, 0.25) is 0 Å². The van der Waals surface area contributed by atoms with E-state index >= 15 is 0 Å². The number of hydrogen-bond donors (Lipinski definition) is 3. The molecule has 4 nitrogen and oxygen atoms in total. The SMILES string of the molecule is Cl.O=P(O)(O)O.[Nd].[Nd]. The average molecular weight is 423 g/mol. The molecule has 0 heterocycles. The molecule has 8 heteroatoms. The van der Waals surface area contributed by atoms with Gasteiger partial charge in [-0.25, -0.2) is 4.57 Å². The molecule has 0 aromatic heterocycles. The Kier molecular flexibility index (Phi) is 28.4. The molecule has 0 aliphatic rings. The van der Waals surface area contributed by atoms with Crippen LogP contribution >= 0.6 is 20.2 Å². The van der Waals surface area contributed by atoms with E-state index in [1.165, 1.54) is 0 Å². The minimum absolute atomic E-state index is 0. The van der Waals surface area contributed by atoms with Crippen molar-refractivity contribution in [1.29, 1.82) is 0 Å². The van der Waals surface area contributed by atoms with Crippen LogP contribution in [0.5, 0.6) is 0 Å². The largest absolute Gasteiger partial charge is 0.466 e. The predicted molar refractivity (Wildman–Crippen MR) is 21.5 cm³/mol. The minimum Gasteiger partial charge on any atom is -0.303 e. The zero-order chi connectivity index (χ0) is 4.50. The first-order valence-electron chi connectivity index (χ1n) is 0.783. The topological polar surface area (TPSA) is 77.8 Å². The van der Waals surface area contributed by atoms with Crippen molar-refractivity contribution < 1.29 is 101 Å². The quantitative estimate of drug-likeness (QED) is 0.460. The second-order valence-corrected chi connectivity index (χ2v) is 1.54. The second kappa shape index (κ2) is 10.1. The van der Waals surface area contributed by atoms with Crippen molar-refractivity contribution in [1.82, 2.24) is 0 Å². The van der Waals surface area contributed by atoms with Gasteiger partial charge in [0.05, 0.1) is 0 Å². The summed E-state index contributed by atoms with van der Waals surface area (Å²) in [6.45, 7) is 0. The summed E-state index contributed by atoms with van der Waals surface area (Å²) < 4.78 is 8.88. The van der Waals surface area contributed by atoms with Crippen LogP contribution in [0.25, 0.3) is 0 Å². The number of rotatable bonds is 0. The third-order valence-corrected chi connectivity index (χ3v) is 0. The molecule has 0 saturated carbocycles. The summed E-state index contributed by atoms with van der Waals surface area (Å²) in [6, 6.07) is 0. The van der Waals surface area contributed by atoms with Gasteiger partial charge < -0.3 is 14.7 Å². The normalized spacial score (nSPS) is 7.38. The first kappa shape index (κ1) is 22.5. The summed E-state index contributed by atoms with van der Waals surface area (Å²) in [5.74, 6) is 0. The van der Waals surface area contributed by atoms with Gasteiger partial charge in [-0.2, -0.15) is 0 Å². The van der Waals surface area contributed by atoms with Gasteiger partial charge in [0.25, 0.3) is 0 Å². The maximum atomic E-state index is 8.88. The Morgan fingerprint density at radius 3 is 1.00 bits per heavy atom. The van der Waals surface area contributed by atoms with Crippen molar-refractivity contribution in [2.24, 2.45) is 0 Å². The van der Waals surface area contributed by atoms with Crippen LogP contribution in [-0.4, -0.2) is 14.7 Å². The standard InChI is InChI=1S/ClH.2Nd.H3O4P/c;;;1-5(2,3)4/h1H;;;(H3,1,2,3,4). The van der Waals surface area contributed by atoms with Gasteiger partial charge in [-0.1, -0.05) is 0 Å². The fourth-order valence-electron chi connectivity index (χ4n) is 0. The molecule has 3 N–H and O–H groups in total. The smallest absolute Gasteiger partial charge is 0.303 e. The van der Waals surface area contributed by atoms with Crippen LogP contribution in [0, 0.1) is 81.7 Å². The Labute approximate surface area is 119 Å². The molecular weight excluding hydrogens is 419 g/mol. The molecule has 0 radical (unpaired) electrons. The van der Waals surface area contributed by atoms with Crippen molar-refractivity contribution in [3.8, 4) is 0 Å². The van der Waals surface area contributed by atoms with Gasteiger partial charge in [-0.15, -0.1) is 12.4 Å². The maximum Gasteiger partial charge on any atom is 0.466 e. The van der Waals surface area contributed by atoms with Gasteiger partial charge >= 0.3 is 7.82 Å². The fourth-order valence-corrected chi connectivity index (χ4v) is 0. The van der Waals surface area contributed by atoms with Crippen LogP contribution in [0.15, 0.2) is 0 Å². The molecule has 48 valence electrons. The first-order chi connectivity index (χ1) is 2.00. The van der Waals surface area contributed by atoms with Gasteiger partial charge in [-0.3, -0.25) is 0 Å². The minimum atomic E-state index is -4.64. The molecule has 0 atom stereocenters. The maximum absolute atomic E-state index is 8.88. The van der Waals surface area contributed by atoms with E-state index in [9.17, 15) is 0 Å². The Balaban J connectivity index is -0.0000000267. The van der Waals surface area contributed by atoms with Crippen molar-refractivity contribution in [2.75, 3.05) is 0 Å². The summed E-state index contributed by atoms with van der Waals surface area (Å²) in [5.41, 5.74) is 0. The van der Waals surface area contributed by atoms with Gasteiger partial charge in [0.2, 0.25) is 0 Å². The Bertz CT molecular complexity index is 60.2. The Hall–Kier alpha value is 3.10. The van der Waals surface area contributed by atoms with Crippen LogP contribution in [-0.2, 0) is 4.57 Å². The van der Waals surface area contributed by atoms with Crippen LogP contribution in [0.4, 0.5) is 0 Å². The average Bonchev–Trinajstić information content (AvgIpc) is 0.722. The van der Waals surface area contributed by atoms with Crippen LogP contribution in [0.1, 0.15) is 0 Å². The molecular formula is H4ClNd2O4P. The molecule has 8 heavy (non-hydrogen) atoms. The number of hydrogen-bond acceptors (Lipinski definition) is 1. The van der Waals surface area contributed by atoms with Gasteiger partial charge in [0.15, 0.2) is 0 Å². The molecule has 0 aromatic carbocycles. The molecule has 0 spiro atoms. The van der Waals surface area contributed by atoms with Gasteiger partial charge in [-0.05, 0) is 0 Å². The van der Waals surface area contributed by atoms with E-state index < -0.39 is 7.82 Å². The number of phosphoric acid groups is 1. The number of halogens is 1. The zero-order valence-electron chi connectivity index (χ0n) is 3.61. The van der Waals surface area contributed by atoms with Crippen LogP contribution < -0.4 is 0 Å². The molecule has 0 unspecified atom stereocenters. The molecule has 0 aliphatic heterocycles. The molecule has 0 bridgehead atoms. The van der Waals surface area contributed by atoms with Crippen molar-refractivity contribution in [2.45, 2.75) is 0 Å². The Morgan fingerprint density at radius 1 is 1.00 bits per heavy atom. The van der Waals surface area contributed by atoms with E-state index in [1.807, 2.05) is 0 Å². The molecule has 0 aromatic rings. The Morgan fingerprint density at radius 2 is 1.00 bits per heavy atom. The monoisotopic (exact) mass is 418 g/mol. The van der Waals surface area contributed by atoms with E-state index in [1.54, 1.807) is 0 Å². The van der Waals surface area contributed by atoms with E-state index in [2.05, 4.69) is 0 Å². The first-order valence-corrected chi connectivity index (χ1v) is 2.35. The summed E-state index contributed by atoms with van der Waals surface area (Å²) in [6.07, 6.45) is 0. The van der Waals surface area contributed by atoms with Gasteiger partial charge in [0, 0.05) is 81.7 Å². The predicted octanol–water partition coefficient (Wildman–Crippen LogP) is -0.507. The third kappa shape index (κ3) is 62.1. The fraction of sp³-hybridized carbons (Fsp3) is 0. The van der Waals surface area contributed by atoms with Crippen LogP contribution in [0.3, 0.4) is 0 Å². The molecule has 0 rings (SSSR count). The van der Waals surface area contributed by atoms with E-state index in [0.717, 1.165) is 0 Å².